The van der Waals surface area contributed by atoms with Crippen LogP contribution in [0.4, 0.5) is 0 Å². The Morgan fingerprint density at radius 3 is 2.44 bits per heavy atom. The fraction of sp³-hybridized carbons (Fsp3) is 0.400. The normalized spacial score (nSPS) is 11.2. The maximum absolute atomic E-state index is 4.81. The zero-order valence-electron chi connectivity index (χ0n) is 11.4. The van der Waals surface area contributed by atoms with Crippen molar-refractivity contribution >= 4 is 11.3 Å². The summed E-state index contributed by atoms with van der Waals surface area (Å²) in [6, 6.07) is 8.59. The highest BCUT2D eigenvalue weighted by molar-refractivity contribution is 7.15. The lowest BCUT2D eigenvalue weighted by Crippen LogP contribution is -2.06. The summed E-state index contributed by atoms with van der Waals surface area (Å²) in [5.41, 5.74) is 3.73. The van der Waals surface area contributed by atoms with E-state index in [1.807, 2.05) is 7.05 Å². The maximum atomic E-state index is 4.81. The van der Waals surface area contributed by atoms with E-state index >= 15 is 0 Å². The van der Waals surface area contributed by atoms with Crippen LogP contribution in [0.25, 0.3) is 10.6 Å². The van der Waals surface area contributed by atoms with Crippen LogP contribution >= 0.6 is 11.3 Å². The van der Waals surface area contributed by atoms with E-state index in [1.54, 1.807) is 11.3 Å². The Balaban J connectivity index is 2.39. The topological polar surface area (TPSA) is 24.9 Å². The number of aromatic nitrogens is 1. The summed E-state index contributed by atoms with van der Waals surface area (Å²) in [4.78, 5) is 6.16. The molecule has 2 aromatic rings. The van der Waals surface area contributed by atoms with Gasteiger partial charge in [0.1, 0.15) is 5.01 Å². The first-order valence-electron chi connectivity index (χ1n) is 6.33. The SMILES string of the molecule is CNCc1sc(-c2ccc(C)cc2)nc1C(C)C. The smallest absolute Gasteiger partial charge is 0.123 e. The van der Waals surface area contributed by atoms with Gasteiger partial charge in [0.2, 0.25) is 0 Å². The quantitative estimate of drug-likeness (QED) is 0.900. The number of thiazole rings is 1. The van der Waals surface area contributed by atoms with Gasteiger partial charge < -0.3 is 5.32 Å². The third kappa shape index (κ3) is 2.79. The number of hydrogen-bond acceptors (Lipinski definition) is 3. The lowest BCUT2D eigenvalue weighted by atomic mass is 10.1. The molecular weight excluding hydrogens is 240 g/mol. The van der Waals surface area contributed by atoms with E-state index in [0.29, 0.717) is 5.92 Å². The Labute approximate surface area is 113 Å². The van der Waals surface area contributed by atoms with Crippen molar-refractivity contribution in [3.63, 3.8) is 0 Å². The Kier molecular flexibility index (Phi) is 4.15. The molecule has 1 aromatic heterocycles. The van der Waals surface area contributed by atoms with Gasteiger partial charge in [-0.1, -0.05) is 43.7 Å². The van der Waals surface area contributed by atoms with Gasteiger partial charge in [0, 0.05) is 17.0 Å². The minimum absolute atomic E-state index is 0.476. The van der Waals surface area contributed by atoms with Crippen LogP contribution in [-0.2, 0) is 6.54 Å². The summed E-state index contributed by atoms with van der Waals surface area (Å²) in [6.45, 7) is 7.41. The molecule has 0 aliphatic rings. The molecule has 0 radical (unpaired) electrons. The van der Waals surface area contributed by atoms with Crippen LogP contribution < -0.4 is 5.32 Å². The molecule has 0 atom stereocenters. The molecule has 0 saturated heterocycles. The van der Waals surface area contributed by atoms with Crippen molar-refractivity contribution < 1.29 is 0 Å². The Morgan fingerprint density at radius 1 is 1.22 bits per heavy atom. The number of benzene rings is 1. The minimum atomic E-state index is 0.476. The first-order valence-corrected chi connectivity index (χ1v) is 7.14. The van der Waals surface area contributed by atoms with E-state index in [2.05, 4.69) is 50.4 Å². The van der Waals surface area contributed by atoms with Crippen LogP contribution in [0.15, 0.2) is 24.3 Å². The molecular formula is C15H20N2S. The maximum Gasteiger partial charge on any atom is 0.123 e. The monoisotopic (exact) mass is 260 g/mol. The van der Waals surface area contributed by atoms with Crippen LogP contribution in [0.1, 0.15) is 35.9 Å². The second kappa shape index (κ2) is 5.63. The van der Waals surface area contributed by atoms with Gasteiger partial charge in [0.05, 0.1) is 5.69 Å². The van der Waals surface area contributed by atoms with Gasteiger partial charge in [-0.15, -0.1) is 11.3 Å². The average Bonchev–Trinajstić information content (AvgIpc) is 2.75. The second-order valence-corrected chi connectivity index (χ2v) is 5.96. The fourth-order valence-electron chi connectivity index (χ4n) is 1.92. The molecule has 0 fully saturated rings. The predicted octanol–water partition coefficient (Wildman–Crippen LogP) is 3.96. The summed E-state index contributed by atoms with van der Waals surface area (Å²) in [7, 11) is 1.98. The predicted molar refractivity (Wildman–Crippen MR) is 79.1 cm³/mol. The molecule has 3 heteroatoms. The number of nitrogens with zero attached hydrogens (tertiary/aromatic N) is 1. The zero-order chi connectivity index (χ0) is 13.1. The first-order chi connectivity index (χ1) is 8.61. The van der Waals surface area contributed by atoms with Crippen molar-refractivity contribution in [3.05, 3.63) is 40.4 Å². The average molecular weight is 260 g/mol. The Hall–Kier alpha value is -1.19. The third-order valence-electron chi connectivity index (χ3n) is 2.91. The number of rotatable bonds is 4. The van der Waals surface area contributed by atoms with Crippen molar-refractivity contribution in [2.75, 3.05) is 7.05 Å². The molecule has 0 bridgehead atoms. The fourth-order valence-corrected chi connectivity index (χ4v) is 3.16. The lowest BCUT2D eigenvalue weighted by molar-refractivity contribution is 0.771. The van der Waals surface area contributed by atoms with E-state index in [9.17, 15) is 0 Å². The summed E-state index contributed by atoms with van der Waals surface area (Å²) < 4.78 is 0. The molecule has 96 valence electrons. The summed E-state index contributed by atoms with van der Waals surface area (Å²) >= 11 is 1.80. The van der Waals surface area contributed by atoms with Gasteiger partial charge in [0.15, 0.2) is 0 Å². The molecule has 1 N–H and O–H groups in total. The minimum Gasteiger partial charge on any atom is -0.315 e. The van der Waals surface area contributed by atoms with Crippen LogP contribution in [0, 0.1) is 6.92 Å². The van der Waals surface area contributed by atoms with Crippen molar-refractivity contribution in [1.82, 2.24) is 10.3 Å². The molecule has 1 aromatic carbocycles. The van der Waals surface area contributed by atoms with Gasteiger partial charge in [-0.3, -0.25) is 0 Å². The van der Waals surface area contributed by atoms with Gasteiger partial charge >= 0.3 is 0 Å². The zero-order valence-corrected chi connectivity index (χ0v) is 12.3. The van der Waals surface area contributed by atoms with E-state index in [1.165, 1.54) is 21.7 Å². The molecule has 2 nitrogen and oxygen atoms in total. The third-order valence-corrected chi connectivity index (χ3v) is 4.03. The van der Waals surface area contributed by atoms with Crippen molar-refractivity contribution in [2.45, 2.75) is 33.2 Å². The van der Waals surface area contributed by atoms with E-state index < -0.39 is 0 Å². The van der Waals surface area contributed by atoms with E-state index in [0.717, 1.165) is 11.6 Å². The lowest BCUT2D eigenvalue weighted by Gasteiger charge is -2.03. The molecule has 0 saturated carbocycles. The largest absolute Gasteiger partial charge is 0.315 e. The Bertz CT molecular complexity index is 512. The highest BCUT2D eigenvalue weighted by atomic mass is 32.1. The molecule has 2 rings (SSSR count). The summed E-state index contributed by atoms with van der Waals surface area (Å²) in [6.07, 6.45) is 0. The van der Waals surface area contributed by atoms with Crippen molar-refractivity contribution in [1.29, 1.82) is 0 Å². The van der Waals surface area contributed by atoms with Crippen LogP contribution in [0.3, 0.4) is 0 Å². The van der Waals surface area contributed by atoms with Gasteiger partial charge in [0.25, 0.3) is 0 Å². The molecule has 0 spiro atoms. The van der Waals surface area contributed by atoms with E-state index in [4.69, 9.17) is 4.98 Å². The van der Waals surface area contributed by atoms with Crippen LogP contribution in [0.5, 0.6) is 0 Å². The first kappa shape index (κ1) is 13.2. The van der Waals surface area contributed by atoms with Gasteiger partial charge in [-0.25, -0.2) is 4.98 Å². The number of hydrogen-bond donors (Lipinski definition) is 1. The standard InChI is InChI=1S/C15H20N2S/c1-10(2)14-13(9-16-4)18-15(17-14)12-7-5-11(3)6-8-12/h5-8,10,16H,9H2,1-4H3. The molecule has 0 aliphatic carbocycles. The molecule has 18 heavy (non-hydrogen) atoms. The summed E-state index contributed by atoms with van der Waals surface area (Å²) in [5, 5.41) is 4.35. The second-order valence-electron chi connectivity index (χ2n) is 4.88. The van der Waals surface area contributed by atoms with E-state index in [-0.39, 0.29) is 0 Å². The van der Waals surface area contributed by atoms with Gasteiger partial charge in [-0.2, -0.15) is 0 Å². The van der Waals surface area contributed by atoms with Gasteiger partial charge in [-0.05, 0) is 19.9 Å². The highest BCUT2D eigenvalue weighted by Crippen LogP contribution is 2.31. The van der Waals surface area contributed by atoms with Crippen LogP contribution in [0.2, 0.25) is 0 Å². The molecule has 0 amide bonds. The summed E-state index contributed by atoms with van der Waals surface area (Å²) in [5.74, 6) is 0.476. The highest BCUT2D eigenvalue weighted by Gasteiger charge is 2.14. The number of aryl methyl sites for hydroxylation is 1. The van der Waals surface area contributed by atoms with Crippen LogP contribution in [-0.4, -0.2) is 12.0 Å². The molecule has 1 heterocycles. The Morgan fingerprint density at radius 2 is 1.89 bits per heavy atom. The number of nitrogens with one attached hydrogen (secondary N) is 1. The van der Waals surface area contributed by atoms with Crippen molar-refractivity contribution in [2.24, 2.45) is 0 Å². The molecule has 0 unspecified atom stereocenters. The molecule has 0 aliphatic heterocycles. The van der Waals surface area contributed by atoms with Crippen molar-refractivity contribution in [3.8, 4) is 10.6 Å².